The van der Waals surface area contributed by atoms with Crippen LogP contribution in [-0.2, 0) is 5.16 Å². The van der Waals surface area contributed by atoms with Gasteiger partial charge in [-0.3, -0.25) is 0 Å². The van der Waals surface area contributed by atoms with Gasteiger partial charge in [-0.1, -0.05) is 72.6 Å². The molecule has 2 rings (SSSR count). The summed E-state index contributed by atoms with van der Waals surface area (Å²) in [7, 11) is 2.83. The summed E-state index contributed by atoms with van der Waals surface area (Å²) in [6.45, 7) is 12.3. The highest BCUT2D eigenvalue weighted by molar-refractivity contribution is 7.18. The Morgan fingerprint density at radius 2 is 2.11 bits per heavy atom. The van der Waals surface area contributed by atoms with Crippen molar-refractivity contribution in [2.24, 2.45) is 0 Å². The molecule has 2 atom stereocenters. The Morgan fingerprint density at radius 3 is 2.74 bits per heavy atom. The first-order valence-corrected chi connectivity index (χ1v) is 10.2. The molecule has 0 bridgehead atoms. The minimum Gasteiger partial charge on any atom is -0.338 e. The van der Waals surface area contributed by atoms with Gasteiger partial charge in [0.05, 0.1) is 10.2 Å². The van der Waals surface area contributed by atoms with Gasteiger partial charge in [0, 0.05) is 5.56 Å². The molecule has 1 heterocycles. The zero-order chi connectivity index (χ0) is 20.0. The number of allylic oxidation sites excluding steroid dienone is 5. The molecule has 5 heteroatoms. The lowest BCUT2D eigenvalue weighted by molar-refractivity contribution is 0.361. The van der Waals surface area contributed by atoms with Gasteiger partial charge in [-0.05, 0) is 50.8 Å². The number of rotatable bonds is 8. The molecule has 3 nitrogen and oxygen atoms in total. The Kier molecular flexibility index (Phi) is 7.59. The van der Waals surface area contributed by atoms with Crippen LogP contribution in [0, 0.1) is 6.92 Å². The van der Waals surface area contributed by atoms with Crippen LogP contribution in [0.15, 0.2) is 58.7 Å². The standard InChI is InChI=1S/C22H28ClN2OP/c1-6-8-10-15(3)13-14-17(7-2)22(5,27)21-24-20(25-26-21)19-16(4)11-9-12-18(19)23/h7,9,11-14H,3,6,8,10,27H2,1-2,4-5H3/b14-13-,17-7+. The first-order chi connectivity index (χ1) is 12.8. The second-order valence-electron chi connectivity index (χ2n) is 6.90. The van der Waals surface area contributed by atoms with Gasteiger partial charge < -0.3 is 4.52 Å². The summed E-state index contributed by atoms with van der Waals surface area (Å²) in [4.78, 5) is 4.64. The van der Waals surface area contributed by atoms with Gasteiger partial charge in [0.25, 0.3) is 0 Å². The highest BCUT2D eigenvalue weighted by Crippen LogP contribution is 2.40. The van der Waals surface area contributed by atoms with Crippen LogP contribution >= 0.6 is 20.8 Å². The maximum Gasteiger partial charge on any atom is 0.241 e. The van der Waals surface area contributed by atoms with E-state index in [0.717, 1.165) is 41.5 Å². The summed E-state index contributed by atoms with van der Waals surface area (Å²) in [5.74, 6) is 1.03. The second kappa shape index (κ2) is 9.48. The van der Waals surface area contributed by atoms with Crippen molar-refractivity contribution in [1.82, 2.24) is 10.1 Å². The number of unbranched alkanes of at least 4 members (excludes halogenated alkanes) is 1. The molecule has 0 N–H and O–H groups in total. The minimum absolute atomic E-state index is 0.503. The Hall–Kier alpha value is -1.70. The lowest BCUT2D eigenvalue weighted by Gasteiger charge is -2.21. The van der Waals surface area contributed by atoms with Crippen molar-refractivity contribution in [2.75, 3.05) is 0 Å². The number of nitrogens with zero attached hydrogens (tertiary/aromatic N) is 2. The van der Waals surface area contributed by atoms with E-state index >= 15 is 0 Å². The van der Waals surface area contributed by atoms with Gasteiger partial charge in [0.1, 0.15) is 0 Å². The van der Waals surface area contributed by atoms with E-state index in [2.05, 4.69) is 51.1 Å². The SMILES string of the molecule is C=C(/C=C\C(=C/C)C(C)(P)c1nc(-c2c(C)cccc2Cl)no1)CCCC. The lowest BCUT2D eigenvalue weighted by Crippen LogP contribution is -2.16. The highest BCUT2D eigenvalue weighted by Gasteiger charge is 2.31. The predicted octanol–water partition coefficient (Wildman–Crippen LogP) is 7.04. The molecule has 0 spiro atoms. The van der Waals surface area contributed by atoms with E-state index in [-0.39, 0.29) is 0 Å². The van der Waals surface area contributed by atoms with Crippen LogP contribution in [0.5, 0.6) is 0 Å². The molecular formula is C22H28ClN2OP. The van der Waals surface area contributed by atoms with E-state index in [9.17, 15) is 0 Å². The van der Waals surface area contributed by atoms with E-state index in [0.29, 0.717) is 16.7 Å². The molecule has 2 unspecified atom stereocenters. The van der Waals surface area contributed by atoms with Gasteiger partial charge in [0.15, 0.2) is 0 Å². The Morgan fingerprint density at radius 1 is 1.37 bits per heavy atom. The van der Waals surface area contributed by atoms with Crippen LogP contribution in [0.4, 0.5) is 0 Å². The van der Waals surface area contributed by atoms with E-state index < -0.39 is 5.16 Å². The first kappa shape index (κ1) is 21.6. The molecule has 0 aliphatic heterocycles. The molecule has 0 aliphatic carbocycles. The van der Waals surface area contributed by atoms with Crippen molar-refractivity contribution in [3.63, 3.8) is 0 Å². The summed E-state index contributed by atoms with van der Waals surface area (Å²) in [6, 6.07) is 5.73. The molecule has 0 aliphatic rings. The minimum atomic E-state index is -0.503. The molecule has 144 valence electrons. The van der Waals surface area contributed by atoms with Crippen LogP contribution < -0.4 is 0 Å². The van der Waals surface area contributed by atoms with Crippen molar-refractivity contribution in [3.8, 4) is 11.4 Å². The van der Waals surface area contributed by atoms with E-state index in [1.165, 1.54) is 0 Å². The summed E-state index contributed by atoms with van der Waals surface area (Å²) < 4.78 is 5.61. The Balaban J connectivity index is 2.29. The zero-order valence-electron chi connectivity index (χ0n) is 16.6. The summed E-state index contributed by atoms with van der Waals surface area (Å²) >= 11 is 6.34. The molecule has 0 radical (unpaired) electrons. The van der Waals surface area contributed by atoms with Crippen LogP contribution in [-0.4, -0.2) is 10.1 Å². The number of halogens is 1. The second-order valence-corrected chi connectivity index (χ2v) is 8.46. The number of hydrogen-bond acceptors (Lipinski definition) is 3. The molecule has 0 saturated carbocycles. The van der Waals surface area contributed by atoms with Gasteiger partial charge in [-0.15, -0.1) is 9.24 Å². The molecule has 1 aromatic carbocycles. The van der Waals surface area contributed by atoms with Crippen molar-refractivity contribution in [3.05, 3.63) is 70.6 Å². The monoisotopic (exact) mass is 402 g/mol. The smallest absolute Gasteiger partial charge is 0.241 e. The number of benzene rings is 1. The Bertz CT molecular complexity index is 845. The fourth-order valence-corrected chi connectivity index (χ4v) is 3.52. The fourth-order valence-electron chi connectivity index (χ4n) is 2.84. The summed E-state index contributed by atoms with van der Waals surface area (Å²) in [6.07, 6.45) is 9.53. The van der Waals surface area contributed by atoms with Crippen LogP contribution in [0.2, 0.25) is 5.02 Å². The summed E-state index contributed by atoms with van der Waals surface area (Å²) in [5.41, 5.74) is 4.00. The summed E-state index contributed by atoms with van der Waals surface area (Å²) in [5, 5.41) is 4.29. The fraction of sp³-hybridized carbons (Fsp3) is 0.364. The molecule has 0 saturated heterocycles. The molecular weight excluding hydrogens is 375 g/mol. The average Bonchev–Trinajstić information content (AvgIpc) is 3.10. The molecule has 27 heavy (non-hydrogen) atoms. The van der Waals surface area contributed by atoms with E-state index in [4.69, 9.17) is 16.1 Å². The van der Waals surface area contributed by atoms with E-state index in [1.807, 2.05) is 39.0 Å². The molecule has 0 amide bonds. The number of hydrogen-bond donors (Lipinski definition) is 0. The third kappa shape index (κ3) is 5.18. The van der Waals surface area contributed by atoms with Gasteiger partial charge in [-0.25, -0.2) is 0 Å². The molecule has 2 aromatic rings. The highest BCUT2D eigenvalue weighted by atomic mass is 35.5. The van der Waals surface area contributed by atoms with Crippen molar-refractivity contribution >= 4 is 20.8 Å². The first-order valence-electron chi connectivity index (χ1n) is 9.22. The van der Waals surface area contributed by atoms with Crippen LogP contribution in [0.3, 0.4) is 0 Å². The van der Waals surface area contributed by atoms with Crippen molar-refractivity contribution in [1.29, 1.82) is 0 Å². The maximum atomic E-state index is 6.34. The van der Waals surface area contributed by atoms with Crippen LogP contribution in [0.1, 0.15) is 51.5 Å². The van der Waals surface area contributed by atoms with Crippen molar-refractivity contribution < 1.29 is 4.52 Å². The lowest BCUT2D eigenvalue weighted by atomic mass is 9.97. The predicted molar refractivity (Wildman–Crippen MR) is 118 cm³/mol. The average molecular weight is 403 g/mol. The maximum absolute atomic E-state index is 6.34. The van der Waals surface area contributed by atoms with Gasteiger partial charge >= 0.3 is 0 Å². The largest absolute Gasteiger partial charge is 0.338 e. The normalized spacial score (nSPS) is 14.5. The van der Waals surface area contributed by atoms with Gasteiger partial charge in [-0.2, -0.15) is 4.98 Å². The third-order valence-electron chi connectivity index (χ3n) is 4.58. The topological polar surface area (TPSA) is 38.9 Å². The quantitative estimate of drug-likeness (QED) is 0.351. The number of aryl methyl sites for hydroxylation is 1. The van der Waals surface area contributed by atoms with Crippen LogP contribution in [0.25, 0.3) is 11.4 Å². The van der Waals surface area contributed by atoms with Crippen molar-refractivity contribution in [2.45, 2.75) is 52.1 Å². The van der Waals surface area contributed by atoms with E-state index in [1.54, 1.807) is 0 Å². The molecule has 0 fully saturated rings. The third-order valence-corrected chi connectivity index (χ3v) is 5.47. The Labute approximate surface area is 169 Å². The van der Waals surface area contributed by atoms with Gasteiger partial charge in [0.2, 0.25) is 11.7 Å². The zero-order valence-corrected chi connectivity index (χ0v) is 18.5. The number of aromatic nitrogens is 2. The molecule has 1 aromatic heterocycles.